The van der Waals surface area contributed by atoms with Crippen LogP contribution in [0.2, 0.25) is 0 Å². The van der Waals surface area contributed by atoms with Gasteiger partial charge in [0.2, 0.25) is 15.9 Å². The van der Waals surface area contributed by atoms with Crippen LogP contribution in [-0.4, -0.2) is 33.8 Å². The van der Waals surface area contributed by atoms with Crippen molar-refractivity contribution in [3.63, 3.8) is 0 Å². The zero-order valence-electron chi connectivity index (χ0n) is 14.0. The maximum absolute atomic E-state index is 12.1. The van der Waals surface area contributed by atoms with Gasteiger partial charge in [-0.2, -0.15) is 0 Å². The Morgan fingerprint density at radius 1 is 1.11 bits per heavy atom. The van der Waals surface area contributed by atoms with Gasteiger partial charge in [-0.3, -0.25) is 4.79 Å². The molecule has 0 spiro atoms. The lowest BCUT2D eigenvalue weighted by Crippen LogP contribution is -2.31. The summed E-state index contributed by atoms with van der Waals surface area (Å²) in [6.07, 6.45) is -2.92. The molecule has 2 N–H and O–H groups in total. The number of sulfonamides is 1. The fourth-order valence-corrected chi connectivity index (χ4v) is 3.10. The Bertz CT molecular complexity index is 834. The highest BCUT2D eigenvalue weighted by Gasteiger charge is 2.31. The molecule has 148 valence electrons. The number of rotatable bonds is 9. The highest BCUT2D eigenvalue weighted by Crippen LogP contribution is 2.23. The quantitative estimate of drug-likeness (QED) is 0.666. The lowest BCUT2D eigenvalue weighted by atomic mass is 10.3. The molecule has 2 aromatic rings. The third-order valence-electron chi connectivity index (χ3n) is 3.29. The average molecular weight is 406 g/mol. The molecule has 27 heavy (non-hydrogen) atoms. The number of carbonyl (C=O) groups excluding carboxylic acids is 1. The third kappa shape index (κ3) is 7.31. The topological polar surface area (TPSA) is 97.6 Å². The maximum Gasteiger partial charge on any atom is 0.573 e. The van der Waals surface area contributed by atoms with E-state index in [4.69, 9.17) is 4.42 Å². The Balaban J connectivity index is 1.76. The zero-order chi connectivity index (χ0) is 19.9. The van der Waals surface area contributed by atoms with Crippen LogP contribution < -0.4 is 14.8 Å². The molecule has 0 aliphatic rings. The first kappa shape index (κ1) is 20.8. The third-order valence-corrected chi connectivity index (χ3v) is 4.76. The number of ether oxygens (including phenoxy) is 1. The van der Waals surface area contributed by atoms with Crippen molar-refractivity contribution in [3.8, 4) is 5.75 Å². The molecular weight excluding hydrogens is 389 g/mol. The van der Waals surface area contributed by atoms with Gasteiger partial charge in [0.05, 0.1) is 11.2 Å². The highest BCUT2D eigenvalue weighted by atomic mass is 32.2. The van der Waals surface area contributed by atoms with Gasteiger partial charge in [-0.25, -0.2) is 13.1 Å². The van der Waals surface area contributed by atoms with Crippen molar-refractivity contribution in [1.82, 2.24) is 10.0 Å². The molecule has 0 unspecified atom stereocenters. The molecule has 1 heterocycles. The van der Waals surface area contributed by atoms with Crippen molar-refractivity contribution in [2.45, 2.75) is 24.1 Å². The smallest absolute Gasteiger partial charge is 0.469 e. The largest absolute Gasteiger partial charge is 0.573 e. The van der Waals surface area contributed by atoms with Gasteiger partial charge in [0.15, 0.2) is 0 Å². The van der Waals surface area contributed by atoms with E-state index in [9.17, 15) is 26.4 Å². The molecule has 11 heteroatoms. The molecule has 0 saturated carbocycles. The molecule has 7 nitrogen and oxygen atoms in total. The van der Waals surface area contributed by atoms with E-state index < -0.39 is 22.1 Å². The van der Waals surface area contributed by atoms with E-state index in [1.54, 1.807) is 12.1 Å². The van der Waals surface area contributed by atoms with Crippen LogP contribution in [0.5, 0.6) is 5.75 Å². The maximum atomic E-state index is 12.1. The van der Waals surface area contributed by atoms with Gasteiger partial charge in [-0.05, 0) is 36.4 Å². The summed E-state index contributed by atoms with van der Waals surface area (Å²) < 4.78 is 71.4. The van der Waals surface area contributed by atoms with Gasteiger partial charge in [0, 0.05) is 25.9 Å². The number of benzene rings is 1. The van der Waals surface area contributed by atoms with Gasteiger partial charge in [-0.15, -0.1) is 13.2 Å². The first-order chi connectivity index (χ1) is 12.7. The number of furan rings is 1. The van der Waals surface area contributed by atoms with E-state index in [1.165, 1.54) is 6.26 Å². The summed E-state index contributed by atoms with van der Waals surface area (Å²) in [6.45, 7) is 0.190. The molecule has 1 aromatic carbocycles. The second kappa shape index (κ2) is 8.91. The van der Waals surface area contributed by atoms with Crippen LogP contribution in [0, 0.1) is 0 Å². The van der Waals surface area contributed by atoms with E-state index in [0.29, 0.717) is 18.7 Å². The molecule has 0 aliphatic carbocycles. The average Bonchev–Trinajstić information content (AvgIpc) is 3.07. The van der Waals surface area contributed by atoms with Crippen LogP contribution in [0.1, 0.15) is 12.2 Å². The van der Waals surface area contributed by atoms with Crippen LogP contribution in [0.4, 0.5) is 13.2 Å². The summed E-state index contributed by atoms with van der Waals surface area (Å²) in [4.78, 5) is 11.4. The molecular formula is C16H17F3N2O5S. The molecule has 0 radical (unpaired) electrons. The first-order valence-electron chi connectivity index (χ1n) is 7.80. The van der Waals surface area contributed by atoms with Crippen molar-refractivity contribution < 1.29 is 35.5 Å². The Morgan fingerprint density at radius 3 is 2.41 bits per heavy atom. The lowest BCUT2D eigenvalue weighted by molar-refractivity contribution is -0.274. The summed E-state index contributed by atoms with van der Waals surface area (Å²) >= 11 is 0. The minimum atomic E-state index is -4.86. The molecule has 0 bridgehead atoms. The second-order valence-corrected chi connectivity index (χ2v) is 7.11. The Labute approximate surface area is 153 Å². The van der Waals surface area contributed by atoms with E-state index >= 15 is 0 Å². The molecule has 1 aromatic heterocycles. The van der Waals surface area contributed by atoms with Gasteiger partial charge < -0.3 is 14.5 Å². The zero-order valence-corrected chi connectivity index (χ0v) is 14.8. The lowest BCUT2D eigenvalue weighted by Gasteiger charge is -2.10. The fourth-order valence-electron chi connectivity index (χ4n) is 2.07. The van der Waals surface area contributed by atoms with Crippen LogP contribution in [-0.2, 0) is 21.2 Å². The SMILES string of the molecule is O=C(CCNS(=O)(=O)c1ccc(OC(F)(F)F)cc1)NCCc1ccco1. The predicted molar refractivity (Wildman–Crippen MR) is 88.4 cm³/mol. The molecule has 0 fully saturated rings. The van der Waals surface area contributed by atoms with Crippen LogP contribution in [0.15, 0.2) is 52.0 Å². The van der Waals surface area contributed by atoms with E-state index in [1.807, 2.05) is 0 Å². The second-order valence-electron chi connectivity index (χ2n) is 5.35. The summed E-state index contributed by atoms with van der Waals surface area (Å²) in [7, 11) is -3.95. The van der Waals surface area contributed by atoms with E-state index in [2.05, 4.69) is 14.8 Å². The molecule has 1 amide bonds. The van der Waals surface area contributed by atoms with Crippen molar-refractivity contribution in [2.24, 2.45) is 0 Å². The van der Waals surface area contributed by atoms with Gasteiger partial charge in [-0.1, -0.05) is 0 Å². The van der Waals surface area contributed by atoms with Crippen molar-refractivity contribution in [1.29, 1.82) is 0 Å². The van der Waals surface area contributed by atoms with Crippen LogP contribution in [0.3, 0.4) is 0 Å². The van der Waals surface area contributed by atoms with Crippen LogP contribution in [0.25, 0.3) is 0 Å². The minimum Gasteiger partial charge on any atom is -0.469 e. The number of alkyl halides is 3. The first-order valence-corrected chi connectivity index (χ1v) is 9.28. The molecule has 0 saturated heterocycles. The minimum absolute atomic E-state index is 0.0906. The summed E-state index contributed by atoms with van der Waals surface area (Å²) in [5.41, 5.74) is 0. The molecule has 2 rings (SSSR count). The highest BCUT2D eigenvalue weighted by molar-refractivity contribution is 7.89. The number of amides is 1. The van der Waals surface area contributed by atoms with Crippen molar-refractivity contribution in [3.05, 3.63) is 48.4 Å². The van der Waals surface area contributed by atoms with E-state index in [-0.39, 0.29) is 23.8 Å². The number of nitrogens with one attached hydrogen (secondary N) is 2. The van der Waals surface area contributed by atoms with Gasteiger partial charge in [0.25, 0.3) is 0 Å². The monoisotopic (exact) mass is 406 g/mol. The van der Waals surface area contributed by atoms with Crippen molar-refractivity contribution >= 4 is 15.9 Å². The Kier molecular flexibility index (Phi) is 6.86. The molecule has 0 atom stereocenters. The Morgan fingerprint density at radius 2 is 1.81 bits per heavy atom. The van der Waals surface area contributed by atoms with E-state index in [0.717, 1.165) is 24.3 Å². The van der Waals surface area contributed by atoms with Gasteiger partial charge in [0.1, 0.15) is 11.5 Å². The number of carbonyl (C=O) groups is 1. The number of hydrogen-bond donors (Lipinski definition) is 2. The summed E-state index contributed by atoms with van der Waals surface area (Å²) in [6, 6.07) is 7.24. The summed E-state index contributed by atoms with van der Waals surface area (Å²) in [5, 5.41) is 2.62. The van der Waals surface area contributed by atoms with Crippen molar-refractivity contribution in [2.75, 3.05) is 13.1 Å². The molecule has 0 aliphatic heterocycles. The Hall–Kier alpha value is -2.53. The van der Waals surface area contributed by atoms with Crippen LogP contribution >= 0.6 is 0 Å². The number of hydrogen-bond acceptors (Lipinski definition) is 5. The van der Waals surface area contributed by atoms with Gasteiger partial charge >= 0.3 is 6.36 Å². The summed E-state index contributed by atoms with van der Waals surface area (Å²) in [5.74, 6) is -0.162. The normalized spacial score (nSPS) is 12.0. The standard InChI is InChI=1S/C16H17F3N2O5S/c17-16(18,19)26-13-3-5-14(6-4-13)27(23,24)21-10-8-15(22)20-9-7-12-2-1-11-25-12/h1-6,11,21H,7-10H2,(H,20,22). The fraction of sp³-hybridized carbons (Fsp3) is 0.312. The predicted octanol–water partition coefficient (Wildman–Crippen LogP) is 2.21. The number of halogens is 3.